The van der Waals surface area contributed by atoms with E-state index in [1.807, 2.05) is 11.9 Å². The number of carboxylic acids is 1. The van der Waals surface area contributed by atoms with Gasteiger partial charge in [-0.3, -0.25) is 4.79 Å². The van der Waals surface area contributed by atoms with Crippen molar-refractivity contribution in [3.63, 3.8) is 0 Å². The lowest BCUT2D eigenvalue weighted by molar-refractivity contribution is 0.0660. The van der Waals surface area contributed by atoms with E-state index in [2.05, 4.69) is 12.0 Å². The summed E-state index contributed by atoms with van der Waals surface area (Å²) in [5, 5.41) is 12.9. The van der Waals surface area contributed by atoms with Gasteiger partial charge in [0.25, 0.3) is 5.56 Å². The first-order chi connectivity index (χ1) is 10.0. The van der Waals surface area contributed by atoms with Crippen molar-refractivity contribution in [2.75, 3.05) is 18.5 Å². The molecular formula is C14H17N3O4. The van der Waals surface area contributed by atoms with E-state index >= 15 is 0 Å². The van der Waals surface area contributed by atoms with E-state index in [0.29, 0.717) is 5.76 Å². The van der Waals surface area contributed by atoms with Gasteiger partial charge in [0, 0.05) is 19.7 Å². The van der Waals surface area contributed by atoms with Crippen LogP contribution in [0, 0.1) is 0 Å². The van der Waals surface area contributed by atoms with Crippen molar-refractivity contribution in [2.45, 2.75) is 19.9 Å². The molecule has 0 saturated heterocycles. The van der Waals surface area contributed by atoms with Crippen LogP contribution in [0.1, 0.15) is 29.7 Å². The second-order valence-electron chi connectivity index (χ2n) is 4.70. The summed E-state index contributed by atoms with van der Waals surface area (Å²) in [4.78, 5) is 24.7. The highest BCUT2D eigenvalue weighted by atomic mass is 16.4. The van der Waals surface area contributed by atoms with Gasteiger partial charge in [-0.25, -0.2) is 9.48 Å². The normalized spacial score (nSPS) is 10.6. The van der Waals surface area contributed by atoms with Crippen LogP contribution in [0.2, 0.25) is 0 Å². The van der Waals surface area contributed by atoms with Crippen LogP contribution < -0.4 is 10.5 Å². The lowest BCUT2D eigenvalue weighted by Gasteiger charge is -2.17. The van der Waals surface area contributed by atoms with Gasteiger partial charge in [-0.05, 0) is 18.6 Å². The van der Waals surface area contributed by atoms with E-state index in [-0.39, 0.29) is 17.9 Å². The summed E-state index contributed by atoms with van der Waals surface area (Å²) in [7, 11) is 1.90. The van der Waals surface area contributed by atoms with Gasteiger partial charge >= 0.3 is 5.97 Å². The Labute approximate surface area is 121 Å². The van der Waals surface area contributed by atoms with Crippen LogP contribution in [0.3, 0.4) is 0 Å². The summed E-state index contributed by atoms with van der Waals surface area (Å²) in [5.41, 5.74) is 0.493. The highest BCUT2D eigenvalue weighted by molar-refractivity contribution is 5.84. The predicted octanol–water partition coefficient (Wildman–Crippen LogP) is 1.43. The summed E-state index contributed by atoms with van der Waals surface area (Å²) in [6.45, 7) is 3.00. The number of anilines is 1. The molecule has 21 heavy (non-hydrogen) atoms. The number of carboxylic acid groups (broad SMARTS) is 1. The van der Waals surface area contributed by atoms with Crippen molar-refractivity contribution >= 4 is 11.7 Å². The van der Waals surface area contributed by atoms with Gasteiger partial charge < -0.3 is 14.4 Å². The van der Waals surface area contributed by atoms with Crippen molar-refractivity contribution in [1.29, 1.82) is 0 Å². The highest BCUT2D eigenvalue weighted by Gasteiger charge is 2.11. The zero-order valence-electron chi connectivity index (χ0n) is 11.9. The van der Waals surface area contributed by atoms with E-state index < -0.39 is 5.97 Å². The van der Waals surface area contributed by atoms with Crippen LogP contribution in [-0.4, -0.2) is 34.4 Å². The molecule has 2 aromatic heterocycles. The van der Waals surface area contributed by atoms with Crippen LogP contribution in [0.5, 0.6) is 0 Å². The smallest absolute Gasteiger partial charge is 0.371 e. The van der Waals surface area contributed by atoms with Crippen molar-refractivity contribution in [1.82, 2.24) is 9.78 Å². The Morgan fingerprint density at radius 3 is 2.81 bits per heavy atom. The van der Waals surface area contributed by atoms with Crippen molar-refractivity contribution in [3.8, 4) is 0 Å². The third-order valence-electron chi connectivity index (χ3n) is 3.03. The molecule has 2 aromatic rings. The molecule has 0 aliphatic heterocycles. The largest absolute Gasteiger partial charge is 0.475 e. The van der Waals surface area contributed by atoms with E-state index in [9.17, 15) is 9.59 Å². The summed E-state index contributed by atoms with van der Waals surface area (Å²) in [6, 6.07) is 4.38. The average molecular weight is 291 g/mol. The fraction of sp³-hybridized carbons (Fsp3) is 0.357. The first-order valence-corrected chi connectivity index (χ1v) is 6.61. The van der Waals surface area contributed by atoms with Crippen molar-refractivity contribution < 1.29 is 14.3 Å². The van der Waals surface area contributed by atoms with Crippen LogP contribution in [-0.2, 0) is 6.54 Å². The molecule has 0 radical (unpaired) electrons. The zero-order valence-corrected chi connectivity index (χ0v) is 11.9. The third-order valence-corrected chi connectivity index (χ3v) is 3.03. The van der Waals surface area contributed by atoms with Gasteiger partial charge in [0.15, 0.2) is 0 Å². The standard InChI is InChI=1S/C14H17N3O4/c1-3-6-16(2)10-7-13(18)17(15-8-10)9-11-4-5-12(21-11)14(19)20/h4-5,7-8H,3,6,9H2,1-2H3,(H,19,20). The monoisotopic (exact) mass is 291 g/mol. The van der Waals surface area contributed by atoms with Gasteiger partial charge in [0.05, 0.1) is 11.9 Å². The van der Waals surface area contributed by atoms with Gasteiger partial charge in [0.1, 0.15) is 12.3 Å². The lowest BCUT2D eigenvalue weighted by Crippen LogP contribution is -2.26. The minimum absolute atomic E-state index is 0.101. The Kier molecular flexibility index (Phi) is 4.42. The second kappa shape index (κ2) is 6.25. The molecule has 2 rings (SSSR count). The molecule has 0 bridgehead atoms. The van der Waals surface area contributed by atoms with Gasteiger partial charge in [-0.2, -0.15) is 5.10 Å². The Hall–Kier alpha value is -2.57. The average Bonchev–Trinajstić information content (AvgIpc) is 2.90. The molecule has 1 N–H and O–H groups in total. The van der Waals surface area contributed by atoms with Gasteiger partial charge in [-0.1, -0.05) is 6.92 Å². The minimum Gasteiger partial charge on any atom is -0.475 e. The van der Waals surface area contributed by atoms with E-state index in [0.717, 1.165) is 18.7 Å². The topological polar surface area (TPSA) is 88.6 Å². The molecule has 0 aliphatic carbocycles. The Balaban J connectivity index is 2.17. The number of hydrogen-bond acceptors (Lipinski definition) is 5. The number of aromatic nitrogens is 2. The Bertz CT molecular complexity index is 690. The molecular weight excluding hydrogens is 274 g/mol. The summed E-state index contributed by atoms with van der Waals surface area (Å²) in [6.07, 6.45) is 2.59. The number of rotatable bonds is 6. The SMILES string of the molecule is CCCN(C)c1cnn(Cc2ccc(C(=O)O)o2)c(=O)c1. The summed E-state index contributed by atoms with van der Waals surface area (Å²) < 4.78 is 6.34. The Morgan fingerprint density at radius 2 is 2.24 bits per heavy atom. The zero-order chi connectivity index (χ0) is 15.4. The number of aromatic carboxylic acids is 1. The quantitative estimate of drug-likeness (QED) is 0.866. The molecule has 0 spiro atoms. The fourth-order valence-electron chi connectivity index (χ4n) is 1.94. The minimum atomic E-state index is -1.14. The molecule has 2 heterocycles. The maximum absolute atomic E-state index is 12.0. The Morgan fingerprint density at radius 1 is 1.48 bits per heavy atom. The molecule has 0 atom stereocenters. The summed E-state index contributed by atoms with van der Waals surface area (Å²) in [5.74, 6) is -0.924. The molecule has 0 fully saturated rings. The van der Waals surface area contributed by atoms with E-state index in [4.69, 9.17) is 9.52 Å². The highest BCUT2D eigenvalue weighted by Crippen LogP contribution is 2.10. The van der Waals surface area contributed by atoms with Crippen molar-refractivity contribution in [2.24, 2.45) is 0 Å². The van der Waals surface area contributed by atoms with E-state index in [1.165, 1.54) is 22.9 Å². The number of carbonyl (C=O) groups is 1. The third kappa shape index (κ3) is 3.50. The van der Waals surface area contributed by atoms with Crippen LogP contribution in [0.25, 0.3) is 0 Å². The van der Waals surface area contributed by atoms with Crippen molar-refractivity contribution in [3.05, 3.63) is 46.3 Å². The number of nitrogens with zero attached hydrogens (tertiary/aromatic N) is 3. The molecule has 7 heteroatoms. The molecule has 0 aromatic carbocycles. The molecule has 0 aliphatic rings. The van der Waals surface area contributed by atoms with Gasteiger partial charge in [0.2, 0.25) is 5.76 Å². The predicted molar refractivity (Wildman–Crippen MR) is 76.8 cm³/mol. The van der Waals surface area contributed by atoms with E-state index in [1.54, 1.807) is 6.20 Å². The molecule has 112 valence electrons. The maximum atomic E-state index is 12.0. The summed E-state index contributed by atoms with van der Waals surface area (Å²) >= 11 is 0. The first-order valence-electron chi connectivity index (χ1n) is 6.61. The second-order valence-corrected chi connectivity index (χ2v) is 4.70. The number of furan rings is 1. The molecule has 0 unspecified atom stereocenters. The number of hydrogen-bond donors (Lipinski definition) is 1. The van der Waals surface area contributed by atoms with Crippen LogP contribution in [0.15, 0.2) is 33.6 Å². The fourth-order valence-corrected chi connectivity index (χ4v) is 1.94. The first kappa shape index (κ1) is 14.8. The van der Waals surface area contributed by atoms with Crippen LogP contribution in [0.4, 0.5) is 5.69 Å². The molecule has 0 amide bonds. The van der Waals surface area contributed by atoms with Gasteiger partial charge in [-0.15, -0.1) is 0 Å². The van der Waals surface area contributed by atoms with Crippen LogP contribution >= 0.6 is 0 Å². The molecule has 7 nitrogen and oxygen atoms in total. The maximum Gasteiger partial charge on any atom is 0.371 e. The lowest BCUT2D eigenvalue weighted by atomic mass is 10.3. The molecule has 0 saturated carbocycles.